The fourth-order valence-corrected chi connectivity index (χ4v) is 1.54. The number of nitrogens with two attached hydrogens (primary N) is 1. The molecule has 1 aromatic rings. The molecule has 7 nitrogen and oxygen atoms in total. The average Bonchev–Trinajstić information content (AvgIpc) is 2.29. The summed E-state index contributed by atoms with van der Waals surface area (Å²) in [6.07, 6.45) is 0. The number of hydrogen-bond donors (Lipinski definition) is 1. The number of aromatic nitrogens is 3. The van der Waals surface area contributed by atoms with Crippen LogP contribution in [-0.4, -0.2) is 53.3 Å². The van der Waals surface area contributed by atoms with Crippen LogP contribution in [0.3, 0.4) is 0 Å². The molecule has 0 saturated carbocycles. The van der Waals surface area contributed by atoms with Crippen molar-refractivity contribution in [3.63, 3.8) is 0 Å². The molecule has 1 aliphatic heterocycles. The minimum Gasteiger partial charge on any atom is -0.467 e. The number of methoxy groups -OCH3 is 1. The van der Waals surface area contributed by atoms with Gasteiger partial charge in [-0.2, -0.15) is 15.0 Å². The molecule has 1 fully saturated rings. The molecule has 1 saturated heterocycles. The first-order valence-corrected chi connectivity index (χ1v) is 5.12. The van der Waals surface area contributed by atoms with E-state index >= 15 is 0 Å². The Labute approximate surface area is 93.6 Å². The van der Waals surface area contributed by atoms with E-state index < -0.39 is 0 Å². The molecule has 0 spiro atoms. The van der Waals surface area contributed by atoms with Gasteiger partial charge in [0, 0.05) is 13.1 Å². The summed E-state index contributed by atoms with van der Waals surface area (Å²) < 4.78 is 10.2. The number of ether oxygens (including phenoxy) is 2. The molecule has 2 rings (SSSR count). The van der Waals surface area contributed by atoms with Crippen molar-refractivity contribution in [3.05, 3.63) is 5.82 Å². The summed E-state index contributed by atoms with van der Waals surface area (Å²) in [4.78, 5) is 14.2. The van der Waals surface area contributed by atoms with Crippen LogP contribution in [0.25, 0.3) is 0 Å². The van der Waals surface area contributed by atoms with Crippen molar-refractivity contribution < 1.29 is 9.47 Å². The molecule has 1 aromatic heterocycles. The van der Waals surface area contributed by atoms with E-state index in [0.29, 0.717) is 12.4 Å². The smallest absolute Gasteiger partial charge is 0.321 e. The van der Waals surface area contributed by atoms with Crippen molar-refractivity contribution in [2.24, 2.45) is 0 Å². The van der Waals surface area contributed by atoms with Crippen molar-refractivity contribution in [2.45, 2.75) is 6.54 Å². The summed E-state index contributed by atoms with van der Waals surface area (Å²) in [6, 6.07) is 0.260. The summed E-state index contributed by atoms with van der Waals surface area (Å²) in [5.74, 6) is 0.821. The van der Waals surface area contributed by atoms with E-state index in [4.69, 9.17) is 15.2 Å². The van der Waals surface area contributed by atoms with Crippen molar-refractivity contribution in [3.8, 4) is 6.01 Å². The highest BCUT2D eigenvalue weighted by Gasteiger charge is 2.13. The van der Waals surface area contributed by atoms with Crippen LogP contribution in [0.4, 0.5) is 5.95 Å². The van der Waals surface area contributed by atoms with Crippen molar-refractivity contribution in [1.29, 1.82) is 0 Å². The Balaban J connectivity index is 2.04. The molecule has 0 atom stereocenters. The molecule has 0 unspecified atom stereocenters. The topological polar surface area (TPSA) is 86.4 Å². The Hall–Kier alpha value is -1.47. The Morgan fingerprint density at radius 3 is 2.75 bits per heavy atom. The second-order valence-electron chi connectivity index (χ2n) is 3.49. The van der Waals surface area contributed by atoms with E-state index in [1.165, 1.54) is 7.11 Å². The first-order chi connectivity index (χ1) is 7.78. The summed E-state index contributed by atoms with van der Waals surface area (Å²) in [5, 5.41) is 0. The maximum absolute atomic E-state index is 5.55. The highest BCUT2D eigenvalue weighted by Crippen LogP contribution is 2.07. The van der Waals surface area contributed by atoms with Crippen LogP contribution in [0.1, 0.15) is 5.82 Å². The van der Waals surface area contributed by atoms with Gasteiger partial charge in [0.05, 0.1) is 26.9 Å². The van der Waals surface area contributed by atoms with Crippen LogP contribution in [0.2, 0.25) is 0 Å². The van der Waals surface area contributed by atoms with Gasteiger partial charge in [0.2, 0.25) is 5.95 Å². The number of morpholine rings is 1. The summed E-state index contributed by atoms with van der Waals surface area (Å²) in [6.45, 7) is 3.91. The fourth-order valence-electron chi connectivity index (χ4n) is 1.54. The van der Waals surface area contributed by atoms with Gasteiger partial charge in [-0.15, -0.1) is 0 Å². The third-order valence-corrected chi connectivity index (χ3v) is 2.33. The molecule has 2 N–H and O–H groups in total. The molecule has 0 aromatic carbocycles. The highest BCUT2D eigenvalue weighted by molar-refractivity contribution is 5.18. The number of hydrogen-bond acceptors (Lipinski definition) is 7. The van der Waals surface area contributed by atoms with Gasteiger partial charge >= 0.3 is 6.01 Å². The molecule has 0 radical (unpaired) electrons. The highest BCUT2D eigenvalue weighted by atomic mass is 16.5. The Morgan fingerprint density at radius 1 is 1.31 bits per heavy atom. The van der Waals surface area contributed by atoms with Gasteiger partial charge in [-0.05, 0) is 0 Å². The molecule has 0 amide bonds. The van der Waals surface area contributed by atoms with Crippen LogP contribution in [-0.2, 0) is 11.3 Å². The van der Waals surface area contributed by atoms with Crippen LogP contribution in [0.5, 0.6) is 6.01 Å². The average molecular weight is 225 g/mol. The molecular formula is C9H15N5O2. The van der Waals surface area contributed by atoms with E-state index in [9.17, 15) is 0 Å². The second-order valence-corrected chi connectivity index (χ2v) is 3.49. The van der Waals surface area contributed by atoms with Crippen LogP contribution in [0, 0.1) is 0 Å². The third-order valence-electron chi connectivity index (χ3n) is 2.33. The van der Waals surface area contributed by atoms with E-state index in [0.717, 1.165) is 26.3 Å². The van der Waals surface area contributed by atoms with Gasteiger partial charge in [-0.1, -0.05) is 0 Å². The van der Waals surface area contributed by atoms with E-state index in [1.54, 1.807) is 0 Å². The lowest BCUT2D eigenvalue weighted by Crippen LogP contribution is -2.36. The fraction of sp³-hybridized carbons (Fsp3) is 0.667. The first-order valence-electron chi connectivity index (χ1n) is 5.12. The lowest BCUT2D eigenvalue weighted by atomic mass is 10.4. The van der Waals surface area contributed by atoms with Crippen LogP contribution >= 0.6 is 0 Å². The van der Waals surface area contributed by atoms with Gasteiger partial charge in [0.15, 0.2) is 5.82 Å². The van der Waals surface area contributed by atoms with Crippen LogP contribution < -0.4 is 10.5 Å². The Kier molecular flexibility index (Phi) is 3.47. The van der Waals surface area contributed by atoms with Gasteiger partial charge in [-0.25, -0.2) is 0 Å². The lowest BCUT2D eigenvalue weighted by Gasteiger charge is -2.25. The second kappa shape index (κ2) is 5.04. The van der Waals surface area contributed by atoms with Crippen molar-refractivity contribution >= 4 is 5.95 Å². The zero-order valence-corrected chi connectivity index (χ0v) is 9.22. The van der Waals surface area contributed by atoms with Crippen molar-refractivity contribution in [1.82, 2.24) is 19.9 Å². The Morgan fingerprint density at radius 2 is 2.06 bits per heavy atom. The maximum Gasteiger partial charge on any atom is 0.321 e. The van der Waals surface area contributed by atoms with E-state index in [1.807, 2.05) is 0 Å². The standard InChI is InChI=1S/C9H15N5O2/c1-15-9-12-7(11-8(10)13-9)6-14-2-4-16-5-3-14/h2-6H2,1H3,(H2,10,11,12,13). The van der Waals surface area contributed by atoms with Gasteiger partial charge in [0.1, 0.15) is 0 Å². The monoisotopic (exact) mass is 225 g/mol. The van der Waals surface area contributed by atoms with Gasteiger partial charge in [0.25, 0.3) is 0 Å². The summed E-state index contributed by atoms with van der Waals surface area (Å²) in [7, 11) is 1.51. The SMILES string of the molecule is COc1nc(N)nc(CN2CCOCC2)n1. The quantitative estimate of drug-likeness (QED) is 0.727. The molecule has 7 heteroatoms. The Bertz CT molecular complexity index is 354. The minimum absolute atomic E-state index is 0.190. The summed E-state index contributed by atoms with van der Waals surface area (Å²) >= 11 is 0. The molecule has 88 valence electrons. The minimum atomic E-state index is 0.190. The summed E-state index contributed by atoms with van der Waals surface area (Å²) in [5.41, 5.74) is 5.55. The molecule has 1 aliphatic rings. The van der Waals surface area contributed by atoms with Crippen molar-refractivity contribution in [2.75, 3.05) is 39.1 Å². The molecule has 2 heterocycles. The van der Waals surface area contributed by atoms with E-state index in [2.05, 4.69) is 19.9 Å². The molecule has 0 aliphatic carbocycles. The van der Waals surface area contributed by atoms with Gasteiger partial charge in [-0.3, -0.25) is 4.90 Å². The largest absolute Gasteiger partial charge is 0.467 e. The number of nitrogen functional groups attached to an aromatic ring is 1. The number of nitrogens with zero attached hydrogens (tertiary/aromatic N) is 4. The molecular weight excluding hydrogens is 210 g/mol. The van der Waals surface area contributed by atoms with Gasteiger partial charge < -0.3 is 15.2 Å². The normalized spacial score (nSPS) is 17.3. The lowest BCUT2D eigenvalue weighted by molar-refractivity contribution is 0.0329. The number of anilines is 1. The zero-order chi connectivity index (χ0) is 11.4. The predicted molar refractivity (Wildman–Crippen MR) is 56.9 cm³/mol. The van der Waals surface area contributed by atoms with E-state index in [-0.39, 0.29) is 12.0 Å². The number of rotatable bonds is 3. The molecule has 0 bridgehead atoms. The molecule has 16 heavy (non-hydrogen) atoms. The maximum atomic E-state index is 5.55. The third kappa shape index (κ3) is 2.77. The van der Waals surface area contributed by atoms with Crippen LogP contribution in [0.15, 0.2) is 0 Å². The predicted octanol–water partition coefficient (Wildman–Crippen LogP) is -0.705. The zero-order valence-electron chi connectivity index (χ0n) is 9.22. The first kappa shape index (κ1) is 11.0.